The number of nitrogens with one attached hydrogen (secondary N) is 1. The molecule has 104 valence electrons. The van der Waals surface area contributed by atoms with Crippen LogP contribution in [0.25, 0.3) is 0 Å². The molecule has 0 aliphatic rings. The molecule has 2 aromatic rings. The SMILES string of the molecule is CCn1cc(CNCc2c(C)nn(C)c2F)c(C)n1. The van der Waals surface area contributed by atoms with Crippen molar-refractivity contribution < 1.29 is 4.39 Å². The van der Waals surface area contributed by atoms with Crippen molar-refractivity contribution in [3.63, 3.8) is 0 Å². The molecule has 0 bridgehead atoms. The predicted octanol–water partition coefficient (Wildman–Crippen LogP) is 1.68. The average Bonchev–Trinajstić information content (AvgIpc) is 2.84. The number of aryl methyl sites for hydroxylation is 4. The van der Waals surface area contributed by atoms with Gasteiger partial charge in [0, 0.05) is 44.0 Å². The largest absolute Gasteiger partial charge is 0.308 e. The Kier molecular flexibility index (Phi) is 3.99. The minimum Gasteiger partial charge on any atom is -0.308 e. The average molecular weight is 265 g/mol. The third kappa shape index (κ3) is 2.84. The van der Waals surface area contributed by atoms with E-state index in [4.69, 9.17) is 0 Å². The topological polar surface area (TPSA) is 47.7 Å². The van der Waals surface area contributed by atoms with E-state index in [-0.39, 0.29) is 5.95 Å². The van der Waals surface area contributed by atoms with Crippen LogP contribution in [-0.4, -0.2) is 19.6 Å². The van der Waals surface area contributed by atoms with Crippen LogP contribution in [0, 0.1) is 19.8 Å². The molecule has 0 radical (unpaired) electrons. The second-order valence-corrected chi connectivity index (χ2v) is 4.68. The highest BCUT2D eigenvalue weighted by molar-refractivity contribution is 5.18. The molecule has 0 amide bonds. The maximum Gasteiger partial charge on any atom is 0.215 e. The molecule has 0 aliphatic heterocycles. The van der Waals surface area contributed by atoms with Crippen molar-refractivity contribution in [2.24, 2.45) is 7.05 Å². The Morgan fingerprint density at radius 1 is 1.21 bits per heavy atom. The van der Waals surface area contributed by atoms with E-state index in [2.05, 4.69) is 22.4 Å². The van der Waals surface area contributed by atoms with Gasteiger partial charge in [-0.3, -0.25) is 4.68 Å². The van der Waals surface area contributed by atoms with E-state index >= 15 is 0 Å². The Morgan fingerprint density at radius 2 is 1.95 bits per heavy atom. The molecule has 0 aliphatic carbocycles. The van der Waals surface area contributed by atoms with Crippen LogP contribution in [0.2, 0.25) is 0 Å². The molecule has 0 saturated carbocycles. The van der Waals surface area contributed by atoms with E-state index in [9.17, 15) is 4.39 Å². The zero-order valence-corrected chi connectivity index (χ0v) is 11.9. The second-order valence-electron chi connectivity index (χ2n) is 4.68. The van der Waals surface area contributed by atoms with Crippen molar-refractivity contribution in [2.75, 3.05) is 0 Å². The van der Waals surface area contributed by atoms with Crippen LogP contribution < -0.4 is 5.32 Å². The molecule has 0 fully saturated rings. The standard InChI is InChI=1S/C13H20FN5/c1-5-19-8-11(9(2)17-19)6-15-7-12-10(3)16-18(4)13(12)14/h8,15H,5-7H2,1-4H3. The highest BCUT2D eigenvalue weighted by Crippen LogP contribution is 2.11. The van der Waals surface area contributed by atoms with Crippen LogP contribution in [0.15, 0.2) is 6.20 Å². The van der Waals surface area contributed by atoms with Crippen molar-refractivity contribution in [2.45, 2.75) is 40.4 Å². The number of halogens is 1. The number of hydrogen-bond acceptors (Lipinski definition) is 3. The van der Waals surface area contributed by atoms with Crippen molar-refractivity contribution in [1.82, 2.24) is 24.9 Å². The lowest BCUT2D eigenvalue weighted by Gasteiger charge is -2.03. The number of rotatable bonds is 5. The van der Waals surface area contributed by atoms with Crippen LogP contribution >= 0.6 is 0 Å². The Labute approximate surface area is 112 Å². The van der Waals surface area contributed by atoms with Gasteiger partial charge in [-0.15, -0.1) is 0 Å². The first-order valence-corrected chi connectivity index (χ1v) is 6.44. The maximum absolute atomic E-state index is 13.7. The maximum atomic E-state index is 13.7. The summed E-state index contributed by atoms with van der Waals surface area (Å²) in [7, 11) is 1.61. The van der Waals surface area contributed by atoms with E-state index in [1.807, 2.05) is 24.7 Å². The zero-order chi connectivity index (χ0) is 14.0. The van der Waals surface area contributed by atoms with Gasteiger partial charge in [-0.05, 0) is 20.8 Å². The van der Waals surface area contributed by atoms with Gasteiger partial charge >= 0.3 is 0 Å². The van der Waals surface area contributed by atoms with Gasteiger partial charge in [-0.25, -0.2) is 4.68 Å². The van der Waals surface area contributed by atoms with Crippen molar-refractivity contribution in [1.29, 1.82) is 0 Å². The molecule has 2 rings (SSSR count). The number of aromatic nitrogens is 4. The first-order valence-electron chi connectivity index (χ1n) is 6.44. The molecule has 0 unspecified atom stereocenters. The fourth-order valence-electron chi connectivity index (χ4n) is 2.09. The Hall–Kier alpha value is -1.69. The quantitative estimate of drug-likeness (QED) is 0.895. The highest BCUT2D eigenvalue weighted by Gasteiger charge is 2.12. The van der Waals surface area contributed by atoms with Crippen LogP contribution in [0.4, 0.5) is 4.39 Å². The van der Waals surface area contributed by atoms with Gasteiger partial charge < -0.3 is 5.32 Å². The molecule has 0 atom stereocenters. The smallest absolute Gasteiger partial charge is 0.215 e. The molecule has 2 heterocycles. The van der Waals surface area contributed by atoms with Crippen LogP contribution in [0.3, 0.4) is 0 Å². The van der Waals surface area contributed by atoms with E-state index in [0.29, 0.717) is 18.7 Å². The molecule has 0 spiro atoms. The van der Waals surface area contributed by atoms with E-state index < -0.39 is 0 Å². The summed E-state index contributed by atoms with van der Waals surface area (Å²) in [6, 6.07) is 0. The summed E-state index contributed by atoms with van der Waals surface area (Å²) >= 11 is 0. The van der Waals surface area contributed by atoms with Gasteiger partial charge in [-0.2, -0.15) is 14.6 Å². The Morgan fingerprint density at radius 3 is 2.47 bits per heavy atom. The van der Waals surface area contributed by atoms with Gasteiger partial charge in [-0.1, -0.05) is 0 Å². The lowest BCUT2D eigenvalue weighted by atomic mass is 10.2. The first kappa shape index (κ1) is 13.7. The summed E-state index contributed by atoms with van der Waals surface area (Å²) in [5, 5.41) is 11.7. The van der Waals surface area contributed by atoms with Gasteiger partial charge in [0.1, 0.15) is 0 Å². The van der Waals surface area contributed by atoms with Crippen LogP contribution in [-0.2, 0) is 26.7 Å². The third-order valence-corrected chi connectivity index (χ3v) is 3.26. The van der Waals surface area contributed by atoms with E-state index in [1.54, 1.807) is 7.05 Å². The molecule has 5 nitrogen and oxygen atoms in total. The molecule has 2 aromatic heterocycles. The van der Waals surface area contributed by atoms with Crippen LogP contribution in [0.1, 0.15) is 29.4 Å². The number of hydrogen-bond donors (Lipinski definition) is 1. The third-order valence-electron chi connectivity index (χ3n) is 3.26. The van der Waals surface area contributed by atoms with Gasteiger partial charge in [0.05, 0.1) is 11.4 Å². The Bertz CT molecular complexity index is 570. The summed E-state index contributed by atoms with van der Waals surface area (Å²) in [4.78, 5) is 0. The minimum absolute atomic E-state index is 0.272. The lowest BCUT2D eigenvalue weighted by Crippen LogP contribution is -2.14. The normalized spacial score (nSPS) is 11.2. The summed E-state index contributed by atoms with van der Waals surface area (Å²) in [5.41, 5.74) is 3.51. The van der Waals surface area contributed by atoms with Crippen molar-refractivity contribution in [3.8, 4) is 0 Å². The minimum atomic E-state index is -0.272. The van der Waals surface area contributed by atoms with E-state index in [0.717, 1.165) is 23.5 Å². The molecular weight excluding hydrogens is 245 g/mol. The van der Waals surface area contributed by atoms with Gasteiger partial charge in [0.15, 0.2) is 0 Å². The summed E-state index contributed by atoms with van der Waals surface area (Å²) < 4.78 is 16.9. The highest BCUT2D eigenvalue weighted by atomic mass is 19.1. The fourth-order valence-corrected chi connectivity index (χ4v) is 2.09. The van der Waals surface area contributed by atoms with Gasteiger partial charge in [0.2, 0.25) is 5.95 Å². The monoisotopic (exact) mass is 265 g/mol. The first-order chi connectivity index (χ1) is 9.02. The van der Waals surface area contributed by atoms with Crippen molar-refractivity contribution >= 4 is 0 Å². The molecule has 6 heteroatoms. The van der Waals surface area contributed by atoms with Crippen molar-refractivity contribution in [3.05, 3.63) is 34.7 Å². The summed E-state index contributed by atoms with van der Waals surface area (Å²) in [5.74, 6) is -0.272. The summed E-state index contributed by atoms with van der Waals surface area (Å²) in [6.45, 7) is 7.87. The van der Waals surface area contributed by atoms with Crippen LogP contribution in [0.5, 0.6) is 0 Å². The van der Waals surface area contributed by atoms with E-state index in [1.165, 1.54) is 4.68 Å². The molecular formula is C13H20FN5. The second kappa shape index (κ2) is 5.52. The molecule has 19 heavy (non-hydrogen) atoms. The number of nitrogens with zero attached hydrogens (tertiary/aromatic N) is 4. The lowest BCUT2D eigenvalue weighted by molar-refractivity contribution is 0.489. The zero-order valence-electron chi connectivity index (χ0n) is 11.9. The predicted molar refractivity (Wildman–Crippen MR) is 71.1 cm³/mol. The molecule has 0 saturated heterocycles. The molecule has 0 aromatic carbocycles. The summed E-state index contributed by atoms with van der Waals surface area (Å²) in [6.07, 6.45) is 2.02. The fraction of sp³-hybridized carbons (Fsp3) is 0.538. The molecule has 1 N–H and O–H groups in total. The Balaban J connectivity index is 1.98. The van der Waals surface area contributed by atoms with Gasteiger partial charge in [0.25, 0.3) is 0 Å².